The van der Waals surface area contributed by atoms with Crippen molar-refractivity contribution in [2.45, 2.75) is 19.8 Å². The van der Waals surface area contributed by atoms with Crippen molar-refractivity contribution < 1.29 is 9.53 Å². The second kappa shape index (κ2) is 8.44. The van der Waals surface area contributed by atoms with E-state index in [-0.39, 0.29) is 16.7 Å². The van der Waals surface area contributed by atoms with Gasteiger partial charge in [0.1, 0.15) is 5.75 Å². The molecule has 0 amide bonds. The van der Waals surface area contributed by atoms with Gasteiger partial charge in [-0.25, -0.2) is 0 Å². The third kappa shape index (κ3) is 5.04. The molecule has 0 N–H and O–H groups in total. The first-order valence-electron chi connectivity index (χ1n) is 7.76. The first kappa shape index (κ1) is 16.4. The topological polar surface area (TPSA) is 29.5 Å². The summed E-state index contributed by atoms with van der Waals surface area (Å²) in [4.78, 5) is 14.6. The molecular weight excluding hydrogens is 282 g/mol. The summed E-state index contributed by atoms with van der Waals surface area (Å²) in [6.45, 7) is 5.64. The van der Waals surface area contributed by atoms with Crippen LogP contribution in [0.3, 0.4) is 0 Å². The van der Waals surface area contributed by atoms with Crippen LogP contribution in [0, 0.1) is 0 Å². The molecule has 116 valence electrons. The number of hydrogen-bond acceptors (Lipinski definition) is 3. The summed E-state index contributed by atoms with van der Waals surface area (Å²) in [5.74, 6) is 2.15. The molecule has 1 unspecified atom stereocenters. The summed E-state index contributed by atoms with van der Waals surface area (Å²) in [5, 5.41) is 0. The number of carbonyl (C=O) groups is 1. The Morgan fingerprint density at radius 1 is 1.24 bits per heavy atom. The van der Waals surface area contributed by atoms with Crippen LogP contribution in [0.25, 0.3) is 0 Å². The number of morpholine rings is 1. The van der Waals surface area contributed by atoms with Gasteiger partial charge < -0.3 is 9.64 Å². The molecular formula is C17H26NO2S+. The smallest absolute Gasteiger partial charge is 0.211 e. The molecule has 0 bridgehead atoms. The molecule has 4 heteroatoms. The first-order chi connectivity index (χ1) is 10.2. The first-order valence-corrected chi connectivity index (χ1v) is 9.73. The summed E-state index contributed by atoms with van der Waals surface area (Å²) in [6, 6.07) is 8.09. The fourth-order valence-electron chi connectivity index (χ4n) is 2.45. The molecule has 0 saturated carbocycles. The minimum absolute atomic E-state index is 0.213. The molecule has 1 heterocycles. The molecule has 21 heavy (non-hydrogen) atoms. The molecule has 1 atom stereocenters. The number of unbranched alkanes of at least 4 members (excludes halogenated alkanes) is 1. The van der Waals surface area contributed by atoms with Crippen molar-refractivity contribution >= 4 is 22.4 Å². The van der Waals surface area contributed by atoms with E-state index >= 15 is 0 Å². The summed E-state index contributed by atoms with van der Waals surface area (Å²) in [6.07, 6.45) is 4.64. The zero-order valence-corrected chi connectivity index (χ0v) is 14.0. The third-order valence-electron chi connectivity index (χ3n) is 3.79. The molecule has 1 aliphatic heterocycles. The van der Waals surface area contributed by atoms with Crippen LogP contribution in [0.4, 0.5) is 5.69 Å². The minimum atomic E-state index is 0.213. The van der Waals surface area contributed by atoms with E-state index in [2.05, 4.69) is 30.2 Å². The van der Waals surface area contributed by atoms with Crippen LogP contribution in [-0.4, -0.2) is 49.8 Å². The zero-order valence-electron chi connectivity index (χ0n) is 13.1. The number of benzene rings is 1. The number of ketones is 1. The van der Waals surface area contributed by atoms with Gasteiger partial charge in [0, 0.05) is 24.3 Å². The Morgan fingerprint density at radius 2 is 1.90 bits per heavy atom. The van der Waals surface area contributed by atoms with E-state index in [1.165, 1.54) is 24.3 Å². The van der Waals surface area contributed by atoms with E-state index in [4.69, 9.17) is 4.74 Å². The second-order valence-electron chi connectivity index (χ2n) is 5.55. The quantitative estimate of drug-likeness (QED) is 0.573. The Hall–Kier alpha value is -1.00. The summed E-state index contributed by atoms with van der Waals surface area (Å²) < 4.78 is 5.36. The van der Waals surface area contributed by atoms with Gasteiger partial charge in [0.2, 0.25) is 5.78 Å². The van der Waals surface area contributed by atoms with Crippen LogP contribution >= 0.6 is 0 Å². The number of ether oxygens (including phenoxy) is 1. The highest BCUT2D eigenvalue weighted by molar-refractivity contribution is 7.96. The Kier molecular flexibility index (Phi) is 6.58. The van der Waals surface area contributed by atoms with Crippen LogP contribution in [0.5, 0.6) is 0 Å². The summed E-state index contributed by atoms with van der Waals surface area (Å²) in [5.41, 5.74) is 2.04. The third-order valence-corrected chi connectivity index (χ3v) is 5.53. The molecule has 1 saturated heterocycles. The maximum atomic E-state index is 12.3. The van der Waals surface area contributed by atoms with Gasteiger partial charge in [0.05, 0.1) is 19.5 Å². The predicted octanol–water partition coefficient (Wildman–Crippen LogP) is 2.75. The van der Waals surface area contributed by atoms with Crippen molar-refractivity contribution in [1.82, 2.24) is 0 Å². The van der Waals surface area contributed by atoms with Crippen molar-refractivity contribution in [3.05, 3.63) is 29.8 Å². The normalized spacial score (nSPS) is 16.8. The fraction of sp³-hybridized carbons (Fsp3) is 0.588. The lowest BCUT2D eigenvalue weighted by Gasteiger charge is -2.28. The van der Waals surface area contributed by atoms with E-state index in [1.807, 2.05) is 12.1 Å². The molecule has 1 fully saturated rings. The number of hydrogen-bond donors (Lipinski definition) is 0. The molecule has 1 aromatic rings. The minimum Gasteiger partial charge on any atom is -0.378 e. The number of Topliss-reactive ketones (excluding diaryl/α,β-unsaturated/α-hetero) is 1. The SMILES string of the molecule is CCCC[S+](C)CC(=O)c1ccc(N2CCOCC2)cc1. The Labute approximate surface area is 131 Å². The van der Waals surface area contributed by atoms with Crippen molar-refractivity contribution in [2.75, 3.05) is 49.0 Å². The van der Waals surface area contributed by atoms with Crippen LogP contribution in [0.1, 0.15) is 30.1 Å². The van der Waals surface area contributed by atoms with Crippen molar-refractivity contribution in [3.8, 4) is 0 Å². The van der Waals surface area contributed by atoms with Gasteiger partial charge in [0.25, 0.3) is 0 Å². The molecule has 2 rings (SSSR count). The molecule has 1 aromatic carbocycles. The maximum Gasteiger partial charge on any atom is 0.211 e. The molecule has 3 nitrogen and oxygen atoms in total. The zero-order chi connectivity index (χ0) is 15.1. The molecule has 0 aliphatic carbocycles. The van der Waals surface area contributed by atoms with E-state index in [0.717, 1.165) is 31.9 Å². The van der Waals surface area contributed by atoms with Crippen molar-refractivity contribution in [3.63, 3.8) is 0 Å². The standard InChI is InChI=1S/C17H26NO2S/c1-3-4-13-21(2)14-17(19)15-5-7-16(8-6-15)18-9-11-20-12-10-18/h5-8H,3-4,9-14H2,1-2H3/q+1. The molecule has 0 spiro atoms. The highest BCUT2D eigenvalue weighted by Crippen LogP contribution is 2.17. The van der Waals surface area contributed by atoms with Gasteiger partial charge in [-0.2, -0.15) is 0 Å². The number of anilines is 1. The average molecular weight is 308 g/mol. The second-order valence-corrected chi connectivity index (χ2v) is 7.81. The van der Waals surface area contributed by atoms with Crippen LogP contribution in [-0.2, 0) is 15.6 Å². The van der Waals surface area contributed by atoms with E-state index in [1.54, 1.807) is 0 Å². The molecule has 0 aromatic heterocycles. The van der Waals surface area contributed by atoms with Gasteiger partial charge >= 0.3 is 0 Å². The predicted molar refractivity (Wildman–Crippen MR) is 91.7 cm³/mol. The average Bonchev–Trinajstić information content (AvgIpc) is 2.54. The van der Waals surface area contributed by atoms with Crippen LogP contribution in [0.2, 0.25) is 0 Å². The van der Waals surface area contributed by atoms with Crippen molar-refractivity contribution in [1.29, 1.82) is 0 Å². The fourth-order valence-corrected chi connectivity index (χ4v) is 3.99. The number of nitrogens with zero attached hydrogens (tertiary/aromatic N) is 1. The van der Waals surface area contributed by atoms with Gasteiger partial charge in [-0.1, -0.05) is 13.3 Å². The monoisotopic (exact) mass is 308 g/mol. The van der Waals surface area contributed by atoms with Crippen LogP contribution < -0.4 is 4.90 Å². The summed E-state index contributed by atoms with van der Waals surface area (Å²) in [7, 11) is 0.213. The Morgan fingerprint density at radius 3 is 2.52 bits per heavy atom. The Bertz CT molecular complexity index is 441. The number of rotatable bonds is 7. The Balaban J connectivity index is 1.90. The lowest BCUT2D eigenvalue weighted by molar-refractivity contribution is 0.102. The summed E-state index contributed by atoms with van der Waals surface area (Å²) >= 11 is 0. The van der Waals surface area contributed by atoms with Gasteiger partial charge in [-0.15, -0.1) is 0 Å². The van der Waals surface area contributed by atoms with Crippen LogP contribution in [0.15, 0.2) is 24.3 Å². The lowest BCUT2D eigenvalue weighted by Crippen LogP contribution is -2.36. The van der Waals surface area contributed by atoms with Gasteiger partial charge in [0.15, 0.2) is 5.75 Å². The van der Waals surface area contributed by atoms with Gasteiger partial charge in [-0.3, -0.25) is 4.79 Å². The van der Waals surface area contributed by atoms with Crippen molar-refractivity contribution in [2.24, 2.45) is 0 Å². The van der Waals surface area contributed by atoms with E-state index in [9.17, 15) is 4.79 Å². The highest BCUT2D eigenvalue weighted by Gasteiger charge is 2.18. The molecule has 1 aliphatic rings. The van der Waals surface area contributed by atoms with E-state index < -0.39 is 0 Å². The van der Waals surface area contributed by atoms with E-state index in [0.29, 0.717) is 5.75 Å². The largest absolute Gasteiger partial charge is 0.378 e. The van der Waals surface area contributed by atoms with Gasteiger partial charge in [-0.05, 0) is 41.6 Å². The number of carbonyl (C=O) groups excluding carboxylic acids is 1. The lowest BCUT2D eigenvalue weighted by atomic mass is 10.1. The maximum absolute atomic E-state index is 12.3. The molecule has 0 radical (unpaired) electrons. The highest BCUT2D eigenvalue weighted by atomic mass is 32.2.